The molecule has 0 bridgehead atoms. The van der Waals surface area contributed by atoms with Crippen LogP contribution in [0.15, 0.2) is 18.6 Å². The minimum atomic E-state index is -2.03. The molecule has 2 N–H and O–H groups in total. The Morgan fingerprint density at radius 2 is 1.91 bits per heavy atom. The van der Waals surface area contributed by atoms with E-state index in [-0.39, 0.29) is 14.3 Å². The Labute approximate surface area is 154 Å². The summed E-state index contributed by atoms with van der Waals surface area (Å²) in [7, 11) is 0. The van der Waals surface area contributed by atoms with Gasteiger partial charge < -0.3 is 49.7 Å². The zero-order chi connectivity index (χ0) is 17.1. The molecule has 0 aliphatic carbocycles. The predicted octanol–water partition coefficient (Wildman–Crippen LogP) is -0.615. The van der Waals surface area contributed by atoms with E-state index in [4.69, 9.17) is 36.8 Å². The molecular weight excluding hydrogens is 458 g/mol. The monoisotopic (exact) mass is 465 g/mol. The molecule has 1 heterocycles. The fourth-order valence-electron chi connectivity index (χ4n) is 0.956. The topological polar surface area (TPSA) is 125 Å². The Balaban J connectivity index is 0.00000135. The molecule has 0 aromatic carbocycles. The van der Waals surface area contributed by atoms with E-state index in [2.05, 4.69) is 39.8 Å². The van der Waals surface area contributed by atoms with Crippen molar-refractivity contribution < 1.29 is 40.2 Å². The van der Waals surface area contributed by atoms with Crippen molar-refractivity contribution >= 4 is 64.2 Å². The Hall–Kier alpha value is -0.862. The van der Waals surface area contributed by atoms with Crippen LogP contribution in [0, 0.1) is 0 Å². The summed E-state index contributed by atoms with van der Waals surface area (Å²) in [5, 5.41) is 9.69. The van der Waals surface area contributed by atoms with E-state index in [1.807, 2.05) is 0 Å². The van der Waals surface area contributed by atoms with Crippen molar-refractivity contribution in [2.45, 2.75) is 0 Å². The zero-order valence-electron chi connectivity index (χ0n) is 10.1. The number of carbonyl (C=O) groups excluding carboxylic acids is 1. The van der Waals surface area contributed by atoms with Crippen molar-refractivity contribution in [2.24, 2.45) is 0 Å². The predicted molar refractivity (Wildman–Crippen MR) is 77.3 cm³/mol. The van der Waals surface area contributed by atoms with Crippen LogP contribution in [0.25, 0.3) is 0 Å². The summed E-state index contributed by atoms with van der Waals surface area (Å²) in [5.74, 6) is -0.768. The number of nitrogens with one attached hydrogen (secondary N) is 1. The standard InChI is InChI=1S/C7H7N5O3S4.Mo.2O/c13-5(4-3-8-1-2-9-4)11(6(16)17)12(7(18)19)15-10-14;;;/h1-3,10,14H,(H,16,17)(H,18,19);;;/q;+2;;/p-2. The number of hydroxylamine groups is 1. The second-order valence-electron chi connectivity index (χ2n) is 2.76. The summed E-state index contributed by atoms with van der Waals surface area (Å²) in [6, 6.07) is 0. The summed E-state index contributed by atoms with van der Waals surface area (Å²) in [6.07, 6.45) is 3.88. The average Bonchev–Trinajstić information content (AvgIpc) is 2.47. The molecule has 0 aliphatic heterocycles. The summed E-state index contributed by atoms with van der Waals surface area (Å²) in [5.41, 5.74) is 1.26. The molecule has 118 valence electrons. The van der Waals surface area contributed by atoms with E-state index in [0.717, 1.165) is 0 Å². The number of amides is 1. The molecule has 15 heteroatoms. The molecule has 0 spiro atoms. The van der Waals surface area contributed by atoms with Gasteiger partial charge in [0.25, 0.3) is 5.91 Å². The number of hydrazine groups is 1. The number of aromatic nitrogens is 2. The van der Waals surface area contributed by atoms with E-state index < -0.39 is 24.4 Å². The van der Waals surface area contributed by atoms with Crippen molar-refractivity contribution in [1.82, 2.24) is 25.8 Å². The third-order valence-electron chi connectivity index (χ3n) is 1.61. The number of thiocarbonyl (C=S) groups is 2. The first-order chi connectivity index (χ1) is 10.4. The van der Waals surface area contributed by atoms with Crippen molar-refractivity contribution in [1.29, 1.82) is 0 Å². The number of hydrogen-bond donors (Lipinski definition) is 2. The molecule has 10 nitrogen and oxygen atoms in total. The van der Waals surface area contributed by atoms with Gasteiger partial charge in [-0.2, -0.15) is 5.17 Å². The van der Waals surface area contributed by atoms with Crippen LogP contribution in [0.2, 0.25) is 0 Å². The molecule has 1 aromatic rings. The van der Waals surface area contributed by atoms with E-state index in [1.165, 1.54) is 24.2 Å². The SMILES string of the molecule is O=C(c1cnccn1)N(C(=S)[S-])N(ONO)C(=S)[S-].[O]=[Mo+2]=[O]. The maximum absolute atomic E-state index is 12.1. The van der Waals surface area contributed by atoms with Gasteiger partial charge in [-0.15, -0.1) is 4.94 Å². The van der Waals surface area contributed by atoms with E-state index in [1.54, 1.807) is 0 Å². The summed E-state index contributed by atoms with van der Waals surface area (Å²) < 4.78 is 16.3. The molecule has 0 saturated carbocycles. The van der Waals surface area contributed by atoms with E-state index >= 15 is 0 Å². The number of carbonyl (C=O) groups is 1. The Morgan fingerprint density at radius 3 is 2.27 bits per heavy atom. The van der Waals surface area contributed by atoms with Crippen molar-refractivity contribution in [3.05, 3.63) is 24.3 Å². The second-order valence-corrected chi connectivity index (χ2v) is 5.16. The summed E-state index contributed by atoms with van der Waals surface area (Å²) >= 11 is 16.8. The quantitative estimate of drug-likeness (QED) is 0.256. The van der Waals surface area contributed by atoms with Crippen LogP contribution in [0.4, 0.5) is 0 Å². The van der Waals surface area contributed by atoms with Gasteiger partial charge in [0.2, 0.25) is 0 Å². The van der Waals surface area contributed by atoms with Gasteiger partial charge in [-0.3, -0.25) is 15.0 Å². The van der Waals surface area contributed by atoms with Gasteiger partial charge in [0, 0.05) is 12.4 Å². The van der Waals surface area contributed by atoms with Crippen molar-refractivity contribution in [2.75, 3.05) is 0 Å². The Kier molecular flexibility index (Phi) is 11.2. The molecule has 0 fully saturated rings. The second kappa shape index (κ2) is 11.7. The molecule has 22 heavy (non-hydrogen) atoms. The van der Waals surface area contributed by atoms with Gasteiger partial charge in [0.15, 0.2) is 0 Å². The molecule has 0 saturated heterocycles. The van der Waals surface area contributed by atoms with Crippen LogP contribution in [0.3, 0.4) is 0 Å². The molecular formula is C7H5MoN5O5S4. The van der Waals surface area contributed by atoms with Gasteiger partial charge in [-0.25, -0.2) is 9.99 Å². The fourth-order valence-corrected chi connectivity index (χ4v) is 1.51. The molecule has 0 aliphatic rings. The number of hydrogen-bond acceptors (Lipinski definition) is 12. The van der Waals surface area contributed by atoms with Crippen LogP contribution in [-0.2, 0) is 55.5 Å². The third kappa shape index (κ3) is 6.93. The van der Waals surface area contributed by atoms with Crippen LogP contribution in [0.5, 0.6) is 0 Å². The van der Waals surface area contributed by atoms with E-state index in [9.17, 15) is 4.79 Å². The van der Waals surface area contributed by atoms with Gasteiger partial charge >= 0.3 is 25.3 Å². The third-order valence-corrected chi connectivity index (χ3v) is 2.27. The van der Waals surface area contributed by atoms with Gasteiger partial charge in [0.05, 0.1) is 6.20 Å². The number of nitrogens with zero attached hydrogens (tertiary/aromatic N) is 4. The summed E-state index contributed by atoms with van der Waals surface area (Å²) in [4.78, 5) is 24.1. The van der Waals surface area contributed by atoms with Crippen molar-refractivity contribution in [3.8, 4) is 0 Å². The molecule has 1 aromatic heterocycles. The Bertz CT molecular complexity index is 572. The van der Waals surface area contributed by atoms with E-state index in [0.29, 0.717) is 10.2 Å². The van der Waals surface area contributed by atoms with Gasteiger partial charge in [-0.1, -0.05) is 5.64 Å². The molecule has 0 atom stereocenters. The first kappa shape index (κ1) is 21.1. The normalized spacial score (nSPS) is 8.77. The van der Waals surface area contributed by atoms with Crippen LogP contribution >= 0.6 is 24.4 Å². The first-order valence-corrected chi connectivity index (χ1v) is 7.98. The molecule has 0 unspecified atom stereocenters. The first-order valence-electron chi connectivity index (χ1n) is 4.71. The molecule has 1 rings (SSSR count). The van der Waals surface area contributed by atoms with Gasteiger partial charge in [0.1, 0.15) is 5.69 Å². The maximum atomic E-state index is 12.1. The minimum absolute atomic E-state index is 0.0625. The molecule has 1 amide bonds. The zero-order valence-corrected chi connectivity index (χ0v) is 15.4. The number of rotatable bonds is 3. The Morgan fingerprint density at radius 1 is 1.32 bits per heavy atom. The average molecular weight is 463 g/mol. The van der Waals surface area contributed by atoms with Crippen LogP contribution in [-0.4, -0.2) is 39.9 Å². The van der Waals surface area contributed by atoms with Crippen molar-refractivity contribution in [3.63, 3.8) is 0 Å². The summed E-state index contributed by atoms with van der Waals surface area (Å²) in [6.45, 7) is 0. The van der Waals surface area contributed by atoms with Crippen LogP contribution < -0.4 is 5.64 Å². The van der Waals surface area contributed by atoms with Gasteiger partial charge in [-0.05, 0) is 8.64 Å². The molecule has 0 radical (unpaired) electrons. The fraction of sp³-hybridized carbons (Fsp3) is 0. The van der Waals surface area contributed by atoms with Crippen LogP contribution in [0.1, 0.15) is 10.5 Å².